The van der Waals surface area contributed by atoms with Crippen molar-refractivity contribution in [3.63, 3.8) is 0 Å². The molecule has 1 unspecified atom stereocenters. The summed E-state index contributed by atoms with van der Waals surface area (Å²) >= 11 is 0. The fourth-order valence-electron chi connectivity index (χ4n) is 3.70. The Hall–Kier alpha value is -0.810. The predicted molar refractivity (Wildman–Crippen MR) is 101 cm³/mol. The smallest absolute Gasteiger partial charge is 0.191 e. The summed E-state index contributed by atoms with van der Waals surface area (Å²) < 4.78 is 5.31. The van der Waals surface area contributed by atoms with Crippen molar-refractivity contribution >= 4 is 5.96 Å². The van der Waals surface area contributed by atoms with Gasteiger partial charge in [0.1, 0.15) is 0 Å². The lowest BCUT2D eigenvalue weighted by atomic mass is 9.83. The van der Waals surface area contributed by atoms with Crippen LogP contribution < -0.4 is 10.6 Å². The van der Waals surface area contributed by atoms with E-state index in [0.717, 1.165) is 57.9 Å². The van der Waals surface area contributed by atoms with E-state index < -0.39 is 0 Å². The molecule has 5 heteroatoms. The van der Waals surface area contributed by atoms with Gasteiger partial charge in [0.15, 0.2) is 5.96 Å². The first kappa shape index (κ1) is 21.2. The van der Waals surface area contributed by atoms with Gasteiger partial charge in [-0.3, -0.25) is 4.99 Å². The Bertz CT molecular complexity index is 336. The monoisotopic (exact) mass is 341 g/mol. The molecule has 3 N–H and O–H groups in total. The van der Waals surface area contributed by atoms with Gasteiger partial charge in [-0.25, -0.2) is 0 Å². The average Bonchev–Trinajstić information content (AvgIpc) is 3.05. The molecular formula is C19H39N3O2. The lowest BCUT2D eigenvalue weighted by molar-refractivity contribution is 0.141. The first-order valence-electron chi connectivity index (χ1n) is 9.81. The largest absolute Gasteiger partial charge is 0.396 e. The molecule has 1 rings (SSSR count). The summed E-state index contributed by atoms with van der Waals surface area (Å²) in [6.45, 7) is 8.02. The summed E-state index contributed by atoms with van der Waals surface area (Å²) in [6, 6.07) is 0. The molecule has 1 saturated carbocycles. The molecular weight excluding hydrogens is 302 g/mol. The number of aliphatic hydroxyl groups excluding tert-OH is 1. The highest BCUT2D eigenvalue weighted by Gasteiger charge is 2.33. The molecule has 0 radical (unpaired) electrons. The third-order valence-corrected chi connectivity index (χ3v) is 5.21. The molecule has 0 aromatic rings. The molecule has 0 saturated heterocycles. The highest BCUT2D eigenvalue weighted by molar-refractivity contribution is 5.79. The second-order valence-electron chi connectivity index (χ2n) is 7.19. The molecule has 5 nitrogen and oxygen atoms in total. The standard InChI is InChI=1S/C19H39N3O2/c1-4-8-17(9-13-23)15-21-18(20-5-2)22-16-19(12-14-24-3)10-6-7-11-19/h17,23H,4-16H2,1-3H3,(H2,20,21,22). The summed E-state index contributed by atoms with van der Waals surface area (Å²) in [6.07, 6.45) is 9.43. The predicted octanol–water partition coefficient (Wildman–Crippen LogP) is 2.94. The first-order chi connectivity index (χ1) is 11.7. The summed E-state index contributed by atoms with van der Waals surface area (Å²) in [5.74, 6) is 1.43. The number of nitrogens with one attached hydrogen (secondary N) is 2. The maximum Gasteiger partial charge on any atom is 0.191 e. The number of rotatable bonds is 12. The lowest BCUT2D eigenvalue weighted by Gasteiger charge is -2.27. The van der Waals surface area contributed by atoms with Crippen LogP contribution >= 0.6 is 0 Å². The van der Waals surface area contributed by atoms with E-state index in [1.54, 1.807) is 7.11 Å². The molecule has 0 aromatic carbocycles. The van der Waals surface area contributed by atoms with Gasteiger partial charge in [-0.1, -0.05) is 26.2 Å². The van der Waals surface area contributed by atoms with E-state index in [1.165, 1.54) is 25.7 Å². The zero-order chi connectivity index (χ0) is 17.7. The molecule has 142 valence electrons. The fraction of sp³-hybridized carbons (Fsp3) is 0.947. The number of guanidine groups is 1. The molecule has 0 spiro atoms. The summed E-state index contributed by atoms with van der Waals surface area (Å²) in [5.41, 5.74) is 0.326. The van der Waals surface area contributed by atoms with E-state index in [1.807, 2.05) is 0 Å². The average molecular weight is 342 g/mol. The number of aliphatic hydroxyl groups is 1. The molecule has 0 aliphatic heterocycles. The van der Waals surface area contributed by atoms with Crippen molar-refractivity contribution in [2.24, 2.45) is 16.3 Å². The number of aliphatic imine (C=N–C) groups is 1. The number of hydrogen-bond acceptors (Lipinski definition) is 3. The minimum absolute atomic E-state index is 0.264. The lowest BCUT2D eigenvalue weighted by Crippen LogP contribution is -2.41. The van der Waals surface area contributed by atoms with Gasteiger partial charge in [0.25, 0.3) is 0 Å². The van der Waals surface area contributed by atoms with Crippen LogP contribution in [0.5, 0.6) is 0 Å². The van der Waals surface area contributed by atoms with Crippen molar-refractivity contribution in [2.75, 3.05) is 40.0 Å². The van der Waals surface area contributed by atoms with Crippen LogP contribution in [0.25, 0.3) is 0 Å². The van der Waals surface area contributed by atoms with Gasteiger partial charge in [0, 0.05) is 40.0 Å². The van der Waals surface area contributed by atoms with Crippen LogP contribution in [0.1, 0.15) is 65.2 Å². The first-order valence-corrected chi connectivity index (χ1v) is 9.81. The molecule has 0 amide bonds. The van der Waals surface area contributed by atoms with E-state index >= 15 is 0 Å². The summed E-state index contributed by atoms with van der Waals surface area (Å²) in [5, 5.41) is 16.1. The number of nitrogens with zero attached hydrogens (tertiary/aromatic N) is 1. The maximum atomic E-state index is 9.21. The van der Waals surface area contributed by atoms with Crippen molar-refractivity contribution in [1.82, 2.24) is 10.6 Å². The van der Waals surface area contributed by atoms with Gasteiger partial charge in [-0.15, -0.1) is 0 Å². The molecule has 0 bridgehead atoms. The van der Waals surface area contributed by atoms with Crippen LogP contribution in [0.4, 0.5) is 0 Å². The molecule has 0 heterocycles. The van der Waals surface area contributed by atoms with Crippen molar-refractivity contribution in [3.05, 3.63) is 0 Å². The molecule has 1 aliphatic rings. The van der Waals surface area contributed by atoms with Crippen molar-refractivity contribution in [3.8, 4) is 0 Å². The van der Waals surface area contributed by atoms with E-state index in [-0.39, 0.29) is 6.61 Å². The molecule has 1 fully saturated rings. The minimum Gasteiger partial charge on any atom is -0.396 e. The molecule has 0 aromatic heterocycles. The topological polar surface area (TPSA) is 65.9 Å². The third-order valence-electron chi connectivity index (χ3n) is 5.21. The number of methoxy groups -OCH3 is 1. The van der Waals surface area contributed by atoms with E-state index in [2.05, 4.69) is 24.5 Å². The van der Waals surface area contributed by atoms with E-state index in [9.17, 15) is 5.11 Å². The van der Waals surface area contributed by atoms with Gasteiger partial charge in [0.2, 0.25) is 0 Å². The van der Waals surface area contributed by atoms with Gasteiger partial charge >= 0.3 is 0 Å². The molecule has 24 heavy (non-hydrogen) atoms. The van der Waals surface area contributed by atoms with Crippen molar-refractivity contribution < 1.29 is 9.84 Å². The fourth-order valence-corrected chi connectivity index (χ4v) is 3.70. The maximum absolute atomic E-state index is 9.21. The normalized spacial score (nSPS) is 18.6. The van der Waals surface area contributed by atoms with Crippen LogP contribution in [-0.2, 0) is 4.74 Å². The number of ether oxygens (including phenoxy) is 1. The van der Waals surface area contributed by atoms with Gasteiger partial charge in [0.05, 0.1) is 0 Å². The van der Waals surface area contributed by atoms with Crippen LogP contribution in [0, 0.1) is 11.3 Å². The van der Waals surface area contributed by atoms with Gasteiger partial charge < -0.3 is 20.5 Å². The van der Waals surface area contributed by atoms with Crippen molar-refractivity contribution in [1.29, 1.82) is 0 Å². The quantitative estimate of drug-likeness (QED) is 0.377. The Morgan fingerprint density at radius 2 is 1.96 bits per heavy atom. The van der Waals surface area contributed by atoms with Crippen molar-refractivity contribution in [2.45, 2.75) is 65.2 Å². The molecule has 1 aliphatic carbocycles. The Kier molecular flexibility index (Phi) is 11.1. The molecule has 1 atom stereocenters. The third kappa shape index (κ3) is 7.84. The van der Waals surface area contributed by atoms with E-state index in [4.69, 9.17) is 9.73 Å². The van der Waals surface area contributed by atoms with Gasteiger partial charge in [-0.05, 0) is 50.4 Å². The zero-order valence-electron chi connectivity index (χ0n) is 16.1. The number of hydrogen-bond donors (Lipinski definition) is 3. The Morgan fingerprint density at radius 1 is 1.21 bits per heavy atom. The van der Waals surface area contributed by atoms with E-state index in [0.29, 0.717) is 11.3 Å². The SMILES string of the molecule is CCCC(CCO)CNC(=NCC1(CCOC)CCCC1)NCC. The Labute approximate surface area is 148 Å². The second kappa shape index (κ2) is 12.5. The summed E-state index contributed by atoms with van der Waals surface area (Å²) in [7, 11) is 1.78. The highest BCUT2D eigenvalue weighted by Crippen LogP contribution is 2.41. The van der Waals surface area contributed by atoms with Crippen LogP contribution in [-0.4, -0.2) is 51.0 Å². The zero-order valence-corrected chi connectivity index (χ0v) is 16.1. The minimum atomic E-state index is 0.264. The Balaban J connectivity index is 2.59. The highest BCUT2D eigenvalue weighted by atomic mass is 16.5. The van der Waals surface area contributed by atoms with Crippen LogP contribution in [0.2, 0.25) is 0 Å². The second-order valence-corrected chi connectivity index (χ2v) is 7.19. The Morgan fingerprint density at radius 3 is 2.54 bits per heavy atom. The van der Waals surface area contributed by atoms with Crippen LogP contribution in [0.3, 0.4) is 0 Å². The van der Waals surface area contributed by atoms with Crippen LogP contribution in [0.15, 0.2) is 4.99 Å². The summed E-state index contributed by atoms with van der Waals surface area (Å²) in [4.78, 5) is 4.89. The van der Waals surface area contributed by atoms with Gasteiger partial charge in [-0.2, -0.15) is 0 Å².